The first-order valence-corrected chi connectivity index (χ1v) is 24.9. The number of hydrogen-bond donors (Lipinski definition) is 1. The summed E-state index contributed by atoms with van der Waals surface area (Å²) in [5.74, 6) is -0.625. The standard InChI is InChI=1S/C51H96O5/c1-3-5-7-9-11-13-15-17-19-21-23-24-25-26-28-30-32-34-36-38-40-42-44-46-51(54)56-49(47-52)48-55-50(53)45-43-41-39-37-35-33-31-29-27-22-20-18-16-14-12-10-8-6-4-2/h30,32,38,40,49,52H,3-29,31,33-37,39,41-48H2,1-2H3/b32-30+,40-38+/t49-/m0/s1. The number of rotatable bonds is 46. The lowest BCUT2D eigenvalue weighted by molar-refractivity contribution is -0.161. The third kappa shape index (κ3) is 45.1. The van der Waals surface area contributed by atoms with Gasteiger partial charge in [0.25, 0.3) is 0 Å². The first-order valence-electron chi connectivity index (χ1n) is 24.9. The smallest absolute Gasteiger partial charge is 0.306 e. The molecule has 0 aliphatic rings. The second-order valence-corrected chi connectivity index (χ2v) is 16.9. The number of aliphatic hydroxyl groups is 1. The van der Waals surface area contributed by atoms with E-state index in [-0.39, 0.29) is 25.2 Å². The minimum absolute atomic E-state index is 0.0764. The molecular weight excluding hydrogens is 693 g/mol. The Morgan fingerprint density at radius 2 is 0.696 bits per heavy atom. The van der Waals surface area contributed by atoms with Crippen LogP contribution in [-0.4, -0.2) is 36.4 Å². The largest absolute Gasteiger partial charge is 0.462 e. The Balaban J connectivity index is 3.52. The molecule has 330 valence electrons. The predicted molar refractivity (Wildman–Crippen MR) is 242 cm³/mol. The van der Waals surface area contributed by atoms with Crippen molar-refractivity contribution in [2.45, 2.75) is 277 Å². The van der Waals surface area contributed by atoms with E-state index in [4.69, 9.17) is 9.47 Å². The highest BCUT2D eigenvalue weighted by atomic mass is 16.6. The maximum Gasteiger partial charge on any atom is 0.306 e. The maximum absolute atomic E-state index is 12.2. The van der Waals surface area contributed by atoms with E-state index in [9.17, 15) is 14.7 Å². The van der Waals surface area contributed by atoms with Gasteiger partial charge >= 0.3 is 11.9 Å². The van der Waals surface area contributed by atoms with Crippen molar-refractivity contribution in [2.24, 2.45) is 0 Å². The molecule has 0 fully saturated rings. The lowest BCUT2D eigenvalue weighted by Gasteiger charge is -2.15. The van der Waals surface area contributed by atoms with E-state index in [1.807, 2.05) is 0 Å². The summed E-state index contributed by atoms with van der Waals surface area (Å²) in [5.41, 5.74) is 0. The molecule has 0 aliphatic heterocycles. The Morgan fingerprint density at radius 3 is 1.07 bits per heavy atom. The Morgan fingerprint density at radius 1 is 0.393 bits per heavy atom. The van der Waals surface area contributed by atoms with Gasteiger partial charge in [-0.25, -0.2) is 0 Å². The van der Waals surface area contributed by atoms with Crippen molar-refractivity contribution in [3.05, 3.63) is 24.3 Å². The van der Waals surface area contributed by atoms with Crippen molar-refractivity contribution in [3.8, 4) is 0 Å². The van der Waals surface area contributed by atoms with E-state index in [2.05, 4.69) is 38.2 Å². The molecule has 5 heteroatoms. The van der Waals surface area contributed by atoms with Crippen LogP contribution < -0.4 is 0 Å². The Kier molecular flexibility index (Phi) is 46.4. The average molecular weight is 789 g/mol. The summed E-state index contributed by atoms with van der Waals surface area (Å²) in [6.07, 6.45) is 58.5. The van der Waals surface area contributed by atoms with E-state index >= 15 is 0 Å². The molecule has 56 heavy (non-hydrogen) atoms. The van der Waals surface area contributed by atoms with Crippen LogP contribution in [0.25, 0.3) is 0 Å². The molecule has 0 aromatic carbocycles. The summed E-state index contributed by atoms with van der Waals surface area (Å²) in [5, 5.41) is 9.60. The SMILES string of the molecule is CCCCCCCCCCCCCCCC/C=C/CC/C=C/CCCC(=O)O[C@@H](CO)COC(=O)CCCCCCCCCCCCCCCCCCCCC. The topological polar surface area (TPSA) is 72.8 Å². The van der Waals surface area contributed by atoms with Crippen molar-refractivity contribution in [3.63, 3.8) is 0 Å². The third-order valence-electron chi connectivity index (χ3n) is 11.2. The average Bonchev–Trinajstić information content (AvgIpc) is 3.20. The number of carbonyl (C=O) groups is 2. The van der Waals surface area contributed by atoms with Crippen molar-refractivity contribution in [1.82, 2.24) is 0 Å². The Hall–Kier alpha value is -1.62. The molecule has 0 bridgehead atoms. The zero-order valence-corrected chi connectivity index (χ0v) is 37.7. The third-order valence-corrected chi connectivity index (χ3v) is 11.2. The monoisotopic (exact) mass is 789 g/mol. The lowest BCUT2D eigenvalue weighted by atomic mass is 10.0. The lowest BCUT2D eigenvalue weighted by Crippen LogP contribution is -2.28. The summed E-state index contributed by atoms with van der Waals surface area (Å²) in [6, 6.07) is 0. The number of ether oxygens (including phenoxy) is 2. The minimum atomic E-state index is -0.788. The van der Waals surface area contributed by atoms with Crippen LogP contribution in [0.1, 0.15) is 271 Å². The predicted octanol–water partition coefficient (Wildman–Crippen LogP) is 16.2. The molecule has 0 unspecified atom stereocenters. The molecule has 1 N–H and O–H groups in total. The quantitative estimate of drug-likeness (QED) is 0.0378. The number of esters is 2. The Bertz CT molecular complexity index is 851. The molecule has 0 saturated heterocycles. The fourth-order valence-corrected chi connectivity index (χ4v) is 7.46. The first kappa shape index (κ1) is 54.4. The molecule has 0 aromatic heterocycles. The van der Waals surface area contributed by atoms with Gasteiger partial charge in [0.05, 0.1) is 6.61 Å². The summed E-state index contributed by atoms with van der Waals surface area (Å²) in [7, 11) is 0. The van der Waals surface area contributed by atoms with Gasteiger partial charge in [-0.05, 0) is 44.9 Å². The van der Waals surface area contributed by atoms with Gasteiger partial charge in [-0.15, -0.1) is 0 Å². The van der Waals surface area contributed by atoms with E-state index in [1.54, 1.807) is 0 Å². The van der Waals surface area contributed by atoms with Crippen molar-refractivity contribution in [2.75, 3.05) is 13.2 Å². The molecule has 0 amide bonds. The van der Waals surface area contributed by atoms with Crippen LogP contribution in [0.4, 0.5) is 0 Å². The molecule has 0 aromatic rings. The van der Waals surface area contributed by atoms with Gasteiger partial charge in [0.15, 0.2) is 6.10 Å². The number of hydrogen-bond acceptors (Lipinski definition) is 5. The molecule has 1 atom stereocenters. The van der Waals surface area contributed by atoms with Crippen molar-refractivity contribution >= 4 is 11.9 Å². The molecule has 0 rings (SSSR count). The highest BCUT2D eigenvalue weighted by Crippen LogP contribution is 2.16. The van der Waals surface area contributed by atoms with Crippen molar-refractivity contribution in [1.29, 1.82) is 0 Å². The second-order valence-electron chi connectivity index (χ2n) is 16.9. The molecule has 0 aliphatic carbocycles. The fraction of sp³-hybridized carbons (Fsp3) is 0.882. The van der Waals surface area contributed by atoms with Crippen LogP contribution in [0.2, 0.25) is 0 Å². The van der Waals surface area contributed by atoms with Gasteiger partial charge in [0.1, 0.15) is 6.61 Å². The van der Waals surface area contributed by atoms with Crippen LogP contribution in [-0.2, 0) is 19.1 Å². The van der Waals surface area contributed by atoms with Gasteiger partial charge in [0, 0.05) is 12.8 Å². The summed E-state index contributed by atoms with van der Waals surface area (Å²) < 4.78 is 10.6. The van der Waals surface area contributed by atoms with Gasteiger partial charge in [0.2, 0.25) is 0 Å². The molecule has 0 saturated carbocycles. The van der Waals surface area contributed by atoms with Gasteiger partial charge in [-0.3, -0.25) is 9.59 Å². The zero-order chi connectivity index (χ0) is 40.7. The molecule has 0 heterocycles. The van der Waals surface area contributed by atoms with Crippen molar-refractivity contribution < 1.29 is 24.2 Å². The summed E-state index contributed by atoms with van der Waals surface area (Å²) in [6.45, 7) is 4.15. The fourth-order valence-electron chi connectivity index (χ4n) is 7.46. The number of carbonyl (C=O) groups excluding carboxylic acids is 2. The van der Waals surface area contributed by atoms with Crippen LogP contribution >= 0.6 is 0 Å². The first-order chi connectivity index (χ1) is 27.6. The van der Waals surface area contributed by atoms with Gasteiger partial charge in [-0.1, -0.05) is 237 Å². The molecule has 5 nitrogen and oxygen atoms in total. The van der Waals surface area contributed by atoms with Crippen LogP contribution in [0, 0.1) is 0 Å². The maximum atomic E-state index is 12.2. The highest BCUT2D eigenvalue weighted by Gasteiger charge is 2.16. The zero-order valence-electron chi connectivity index (χ0n) is 37.7. The van der Waals surface area contributed by atoms with E-state index in [1.165, 1.54) is 199 Å². The minimum Gasteiger partial charge on any atom is -0.462 e. The Labute approximate surface area is 349 Å². The molecule has 0 spiro atoms. The summed E-state index contributed by atoms with van der Waals surface area (Å²) in [4.78, 5) is 24.4. The molecule has 0 radical (unpaired) electrons. The second kappa shape index (κ2) is 47.8. The van der Waals surface area contributed by atoms with E-state index < -0.39 is 6.10 Å². The number of unbranched alkanes of at least 4 members (excludes halogenated alkanes) is 34. The van der Waals surface area contributed by atoms with Gasteiger partial charge in [-0.2, -0.15) is 0 Å². The summed E-state index contributed by atoms with van der Waals surface area (Å²) >= 11 is 0. The number of aliphatic hydroxyl groups excluding tert-OH is 1. The van der Waals surface area contributed by atoms with Crippen LogP contribution in [0.5, 0.6) is 0 Å². The van der Waals surface area contributed by atoms with E-state index in [0.29, 0.717) is 19.3 Å². The van der Waals surface area contributed by atoms with Gasteiger partial charge < -0.3 is 14.6 Å². The van der Waals surface area contributed by atoms with Crippen LogP contribution in [0.15, 0.2) is 24.3 Å². The van der Waals surface area contributed by atoms with E-state index in [0.717, 1.165) is 38.5 Å². The highest BCUT2D eigenvalue weighted by molar-refractivity contribution is 5.70. The molecular formula is C51H96O5. The normalized spacial score (nSPS) is 12.3. The van der Waals surface area contributed by atoms with Crippen LogP contribution in [0.3, 0.4) is 0 Å². The number of allylic oxidation sites excluding steroid dienone is 4.